The van der Waals surface area contributed by atoms with Crippen LogP contribution in [0.25, 0.3) is 0 Å². The second kappa shape index (κ2) is 5.33. The molecule has 0 unspecified atom stereocenters. The minimum absolute atomic E-state index is 0.568. The molecule has 0 saturated carbocycles. The van der Waals surface area contributed by atoms with E-state index in [-0.39, 0.29) is 0 Å². The lowest BCUT2D eigenvalue weighted by atomic mass is 10.4. The van der Waals surface area contributed by atoms with Crippen molar-refractivity contribution >= 4 is 39.0 Å². The van der Waals surface area contributed by atoms with E-state index >= 15 is 0 Å². The van der Waals surface area contributed by atoms with Crippen LogP contribution in [0.1, 0.15) is 0 Å². The van der Waals surface area contributed by atoms with E-state index in [1.807, 2.05) is 6.07 Å². The van der Waals surface area contributed by atoms with Gasteiger partial charge in [0.05, 0.1) is 28.5 Å². The van der Waals surface area contributed by atoms with Crippen molar-refractivity contribution in [3.63, 3.8) is 0 Å². The van der Waals surface area contributed by atoms with Gasteiger partial charge in [0.25, 0.3) is 0 Å². The van der Waals surface area contributed by atoms with Gasteiger partial charge in [0.15, 0.2) is 0 Å². The molecule has 0 amide bonds. The Bertz CT molecular complexity index is 519. The highest BCUT2D eigenvalue weighted by Crippen LogP contribution is 2.26. The summed E-state index contributed by atoms with van der Waals surface area (Å²) in [7, 11) is 1.58. The van der Waals surface area contributed by atoms with E-state index in [1.54, 1.807) is 31.6 Å². The molecule has 2 rings (SSSR count). The number of pyridine rings is 2. The summed E-state index contributed by atoms with van der Waals surface area (Å²) in [6.45, 7) is 0. The van der Waals surface area contributed by atoms with Gasteiger partial charge in [-0.1, -0.05) is 11.6 Å². The van der Waals surface area contributed by atoms with Crippen LogP contribution in [0, 0.1) is 0 Å². The van der Waals surface area contributed by atoms with E-state index in [9.17, 15) is 0 Å². The van der Waals surface area contributed by atoms with Crippen LogP contribution < -0.4 is 10.1 Å². The number of hydrogen-bond donors (Lipinski definition) is 1. The molecular formula is C11H9BrClN3O. The zero-order chi connectivity index (χ0) is 12.3. The maximum Gasteiger partial charge on any atom is 0.213 e. The molecule has 0 radical (unpaired) electrons. The number of ether oxygens (including phenoxy) is 1. The van der Waals surface area contributed by atoms with Gasteiger partial charge in [-0.25, -0.2) is 9.97 Å². The molecule has 2 heterocycles. The van der Waals surface area contributed by atoms with Crippen molar-refractivity contribution < 1.29 is 4.74 Å². The zero-order valence-electron chi connectivity index (χ0n) is 8.95. The Balaban J connectivity index is 2.19. The van der Waals surface area contributed by atoms with Crippen LogP contribution in [-0.2, 0) is 0 Å². The fourth-order valence-electron chi connectivity index (χ4n) is 1.22. The molecule has 88 valence electrons. The number of halogens is 2. The van der Waals surface area contributed by atoms with Gasteiger partial charge < -0.3 is 10.1 Å². The molecular weight excluding hydrogens is 305 g/mol. The summed E-state index contributed by atoms with van der Waals surface area (Å²) in [4.78, 5) is 8.25. The van der Waals surface area contributed by atoms with Crippen LogP contribution in [0.15, 0.2) is 35.1 Å². The lowest BCUT2D eigenvalue weighted by Gasteiger charge is -2.07. The Morgan fingerprint density at radius 2 is 2.12 bits per heavy atom. The molecule has 0 aliphatic heterocycles. The summed E-state index contributed by atoms with van der Waals surface area (Å²) in [6.07, 6.45) is 3.24. The second-order valence-electron chi connectivity index (χ2n) is 3.20. The maximum atomic E-state index is 5.81. The van der Waals surface area contributed by atoms with E-state index in [4.69, 9.17) is 16.3 Å². The van der Waals surface area contributed by atoms with E-state index in [2.05, 4.69) is 31.2 Å². The number of rotatable bonds is 3. The highest BCUT2D eigenvalue weighted by Gasteiger charge is 2.03. The van der Waals surface area contributed by atoms with Crippen LogP contribution in [0.3, 0.4) is 0 Å². The van der Waals surface area contributed by atoms with Crippen molar-refractivity contribution in [3.8, 4) is 5.88 Å². The standard InChI is InChI=1S/C11H9BrClN3O/c1-17-10-3-2-8(6-14-10)16-11-9(12)4-7(13)5-15-11/h2-6H,1H3,(H,15,16). The fraction of sp³-hybridized carbons (Fsp3) is 0.0909. The second-order valence-corrected chi connectivity index (χ2v) is 4.49. The predicted molar refractivity (Wildman–Crippen MR) is 71.0 cm³/mol. The molecule has 17 heavy (non-hydrogen) atoms. The van der Waals surface area contributed by atoms with Crippen molar-refractivity contribution in [2.45, 2.75) is 0 Å². The number of methoxy groups -OCH3 is 1. The number of hydrogen-bond acceptors (Lipinski definition) is 4. The number of nitrogens with zero attached hydrogens (tertiary/aromatic N) is 2. The van der Waals surface area contributed by atoms with Gasteiger partial charge in [-0.2, -0.15) is 0 Å². The van der Waals surface area contributed by atoms with Crippen LogP contribution >= 0.6 is 27.5 Å². The Morgan fingerprint density at radius 1 is 1.29 bits per heavy atom. The average Bonchev–Trinajstić information content (AvgIpc) is 2.34. The smallest absolute Gasteiger partial charge is 0.213 e. The van der Waals surface area contributed by atoms with Gasteiger partial charge >= 0.3 is 0 Å². The van der Waals surface area contributed by atoms with Crippen LogP contribution in [0.4, 0.5) is 11.5 Å². The summed E-state index contributed by atoms with van der Waals surface area (Å²) in [6, 6.07) is 5.40. The van der Waals surface area contributed by atoms with Gasteiger partial charge in [0.2, 0.25) is 5.88 Å². The quantitative estimate of drug-likeness (QED) is 0.939. The molecule has 4 nitrogen and oxygen atoms in total. The molecule has 0 fully saturated rings. The highest BCUT2D eigenvalue weighted by atomic mass is 79.9. The van der Waals surface area contributed by atoms with E-state index in [1.165, 1.54) is 0 Å². The van der Waals surface area contributed by atoms with E-state index in [0.29, 0.717) is 16.7 Å². The number of nitrogens with one attached hydrogen (secondary N) is 1. The normalized spacial score (nSPS) is 10.1. The summed E-state index contributed by atoms with van der Waals surface area (Å²) in [5.74, 6) is 1.25. The van der Waals surface area contributed by atoms with Crippen molar-refractivity contribution in [2.24, 2.45) is 0 Å². The lowest BCUT2D eigenvalue weighted by molar-refractivity contribution is 0.398. The zero-order valence-corrected chi connectivity index (χ0v) is 11.3. The third kappa shape index (κ3) is 3.08. The monoisotopic (exact) mass is 313 g/mol. The van der Waals surface area contributed by atoms with Crippen molar-refractivity contribution in [1.29, 1.82) is 0 Å². The molecule has 0 aliphatic rings. The Hall–Kier alpha value is -1.33. The summed E-state index contributed by atoms with van der Waals surface area (Å²) in [5.41, 5.74) is 0.821. The Labute approximate surface area is 112 Å². The molecule has 1 N–H and O–H groups in total. The molecule has 6 heteroatoms. The minimum atomic E-state index is 0.568. The SMILES string of the molecule is COc1ccc(Nc2ncc(Cl)cc2Br)cn1. The fourth-order valence-corrected chi connectivity index (χ4v) is 1.96. The molecule has 0 bridgehead atoms. The first-order valence-corrected chi connectivity index (χ1v) is 5.94. The lowest BCUT2D eigenvalue weighted by Crippen LogP contribution is -1.95. The first kappa shape index (κ1) is 12.1. The number of anilines is 2. The van der Waals surface area contributed by atoms with Gasteiger partial charge in [0.1, 0.15) is 5.82 Å². The molecule has 2 aromatic rings. The molecule has 2 aromatic heterocycles. The minimum Gasteiger partial charge on any atom is -0.481 e. The Kier molecular flexibility index (Phi) is 3.81. The van der Waals surface area contributed by atoms with Crippen LogP contribution in [-0.4, -0.2) is 17.1 Å². The van der Waals surface area contributed by atoms with Gasteiger partial charge in [0, 0.05) is 12.3 Å². The van der Waals surface area contributed by atoms with Crippen LogP contribution in [0.2, 0.25) is 5.02 Å². The topological polar surface area (TPSA) is 47.0 Å². The Morgan fingerprint density at radius 3 is 2.71 bits per heavy atom. The average molecular weight is 315 g/mol. The first-order chi connectivity index (χ1) is 8.19. The summed E-state index contributed by atoms with van der Waals surface area (Å²) in [5, 5.41) is 3.69. The van der Waals surface area contributed by atoms with Crippen LogP contribution in [0.5, 0.6) is 5.88 Å². The third-order valence-electron chi connectivity index (χ3n) is 2.02. The molecule has 0 aliphatic carbocycles. The van der Waals surface area contributed by atoms with Crippen molar-refractivity contribution in [3.05, 3.63) is 40.1 Å². The molecule has 0 spiro atoms. The molecule has 0 saturated heterocycles. The third-order valence-corrected chi connectivity index (χ3v) is 2.83. The molecule has 0 aromatic carbocycles. The first-order valence-electron chi connectivity index (χ1n) is 4.77. The van der Waals surface area contributed by atoms with E-state index < -0.39 is 0 Å². The summed E-state index contributed by atoms with van der Waals surface area (Å²) >= 11 is 9.19. The van der Waals surface area contributed by atoms with Crippen molar-refractivity contribution in [2.75, 3.05) is 12.4 Å². The van der Waals surface area contributed by atoms with Gasteiger partial charge in [-0.15, -0.1) is 0 Å². The summed E-state index contributed by atoms with van der Waals surface area (Å²) < 4.78 is 5.77. The largest absolute Gasteiger partial charge is 0.481 e. The predicted octanol–water partition coefficient (Wildman–Crippen LogP) is 3.64. The van der Waals surface area contributed by atoms with Crippen molar-refractivity contribution in [1.82, 2.24) is 9.97 Å². The number of aromatic nitrogens is 2. The van der Waals surface area contributed by atoms with Gasteiger partial charge in [-0.05, 0) is 28.1 Å². The molecule has 0 atom stereocenters. The maximum absolute atomic E-state index is 5.81. The van der Waals surface area contributed by atoms with Gasteiger partial charge in [-0.3, -0.25) is 0 Å². The van der Waals surface area contributed by atoms with E-state index in [0.717, 1.165) is 10.2 Å². The highest BCUT2D eigenvalue weighted by molar-refractivity contribution is 9.10.